The van der Waals surface area contributed by atoms with Gasteiger partial charge in [-0.1, -0.05) is 59.8 Å². The second-order valence-electron chi connectivity index (χ2n) is 7.76. The Morgan fingerprint density at radius 2 is 2.12 bits per heavy atom. The number of amides is 1. The first-order valence-electron chi connectivity index (χ1n) is 11.4. The number of nitrogens with zero attached hydrogens (tertiary/aromatic N) is 3. The van der Waals surface area contributed by atoms with Gasteiger partial charge in [0.2, 0.25) is 17.6 Å². The first-order chi connectivity index (χ1) is 16.6. The van der Waals surface area contributed by atoms with E-state index in [4.69, 9.17) is 20.7 Å². The number of methoxy groups -OCH3 is 1. The van der Waals surface area contributed by atoms with Crippen molar-refractivity contribution >= 4 is 11.7 Å². The van der Waals surface area contributed by atoms with Gasteiger partial charge >= 0.3 is 0 Å². The molecule has 1 aromatic heterocycles. The molecule has 9 nitrogen and oxygen atoms in total. The predicted octanol–water partition coefficient (Wildman–Crippen LogP) is 2.67. The van der Waals surface area contributed by atoms with E-state index in [-0.39, 0.29) is 5.91 Å². The van der Waals surface area contributed by atoms with Crippen molar-refractivity contribution in [2.24, 2.45) is 16.5 Å². The molecule has 0 spiro atoms. The van der Waals surface area contributed by atoms with E-state index in [0.717, 1.165) is 36.0 Å². The van der Waals surface area contributed by atoms with Crippen LogP contribution in [0.1, 0.15) is 31.6 Å². The number of hydrogen-bond donors (Lipinski definition) is 3. The lowest BCUT2D eigenvalue weighted by molar-refractivity contribution is -0.121. The van der Waals surface area contributed by atoms with Gasteiger partial charge < -0.3 is 26.0 Å². The number of aliphatic imine (C=N–C) groups is 1. The molecule has 0 saturated carbocycles. The van der Waals surface area contributed by atoms with E-state index in [0.29, 0.717) is 43.5 Å². The molecule has 0 aliphatic heterocycles. The third kappa shape index (κ3) is 7.50. The fraction of sp³-hybridized carbons (Fsp3) is 0.360. The van der Waals surface area contributed by atoms with Crippen LogP contribution in [0.2, 0.25) is 0 Å². The van der Waals surface area contributed by atoms with Crippen LogP contribution in [0.4, 0.5) is 0 Å². The Balaban J connectivity index is 1.35. The minimum Gasteiger partial charge on any atom is -0.384 e. The average molecular weight is 465 g/mol. The van der Waals surface area contributed by atoms with Crippen LogP contribution in [0.15, 0.2) is 75.3 Å². The topological polar surface area (TPSA) is 142 Å². The van der Waals surface area contributed by atoms with Crippen LogP contribution in [0.3, 0.4) is 0 Å². The maximum atomic E-state index is 12.1. The number of hydrogen-bond acceptors (Lipinski definition) is 7. The van der Waals surface area contributed by atoms with Crippen LogP contribution in [0, 0.1) is 0 Å². The van der Waals surface area contributed by atoms with Crippen LogP contribution >= 0.6 is 0 Å². The summed E-state index contributed by atoms with van der Waals surface area (Å²) in [7, 11) is 1.56. The van der Waals surface area contributed by atoms with E-state index in [9.17, 15) is 4.79 Å². The van der Waals surface area contributed by atoms with Gasteiger partial charge in [-0.3, -0.25) is 9.79 Å². The van der Waals surface area contributed by atoms with Gasteiger partial charge in [-0.05, 0) is 19.3 Å². The third-order valence-electron chi connectivity index (χ3n) is 5.27. The Morgan fingerprint density at radius 3 is 2.91 bits per heavy atom. The Labute approximate surface area is 199 Å². The van der Waals surface area contributed by atoms with Crippen LogP contribution in [0.5, 0.6) is 0 Å². The van der Waals surface area contributed by atoms with Crippen molar-refractivity contribution in [1.82, 2.24) is 15.5 Å². The molecule has 0 bridgehead atoms. The van der Waals surface area contributed by atoms with E-state index in [1.807, 2.05) is 54.6 Å². The number of benzene rings is 1. The maximum Gasteiger partial charge on any atom is 0.227 e. The normalized spacial score (nSPS) is 14.8. The van der Waals surface area contributed by atoms with E-state index < -0.39 is 6.23 Å². The standard InChI is InChI=1S/C25H32N6O3/c1-33-24(27)20-13-7-3-6-12-19(20)23(26)29-17-9-8-16-28-21(32)14-15-22-30-25(31-34-22)18-10-4-2-5-11-18/h2-5,7,10-13,24H,6,8-9,14-17,27H2,1H3,(H2,26,29)(H,28,32). The minimum atomic E-state index is -0.560. The second-order valence-corrected chi connectivity index (χ2v) is 7.76. The van der Waals surface area contributed by atoms with Gasteiger partial charge in [0.05, 0.1) is 0 Å². The van der Waals surface area contributed by atoms with E-state index in [1.54, 1.807) is 7.11 Å². The van der Waals surface area contributed by atoms with E-state index in [2.05, 4.69) is 20.4 Å². The van der Waals surface area contributed by atoms with Crippen molar-refractivity contribution in [3.05, 3.63) is 71.7 Å². The molecule has 1 aromatic carbocycles. The van der Waals surface area contributed by atoms with Gasteiger partial charge in [0, 0.05) is 49.8 Å². The number of ether oxygens (including phenoxy) is 1. The number of carbonyl (C=O) groups excluding carboxylic acids is 1. The second kappa shape index (κ2) is 13.2. The molecule has 1 heterocycles. The summed E-state index contributed by atoms with van der Waals surface area (Å²) >= 11 is 0. The highest BCUT2D eigenvalue weighted by Crippen LogP contribution is 2.18. The Hall–Kier alpha value is -3.56. The van der Waals surface area contributed by atoms with Crippen LogP contribution < -0.4 is 16.8 Å². The van der Waals surface area contributed by atoms with E-state index >= 15 is 0 Å². The zero-order valence-electron chi connectivity index (χ0n) is 19.4. The molecule has 34 heavy (non-hydrogen) atoms. The molecule has 1 amide bonds. The molecule has 1 aliphatic rings. The fourth-order valence-corrected chi connectivity index (χ4v) is 3.39. The lowest BCUT2D eigenvalue weighted by Gasteiger charge is -2.17. The lowest BCUT2D eigenvalue weighted by Crippen LogP contribution is -2.30. The van der Waals surface area contributed by atoms with Gasteiger partial charge in [0.1, 0.15) is 12.1 Å². The zero-order chi connectivity index (χ0) is 24.2. The third-order valence-corrected chi connectivity index (χ3v) is 5.27. The fourth-order valence-electron chi connectivity index (χ4n) is 3.39. The van der Waals surface area contributed by atoms with Crippen molar-refractivity contribution < 1.29 is 14.1 Å². The minimum absolute atomic E-state index is 0.0538. The molecule has 3 rings (SSSR count). The first-order valence-corrected chi connectivity index (χ1v) is 11.4. The van der Waals surface area contributed by atoms with Crippen LogP contribution in [-0.4, -0.2) is 48.3 Å². The van der Waals surface area contributed by atoms with E-state index in [1.165, 1.54) is 0 Å². The Bertz CT molecular complexity index is 1060. The molecule has 5 N–H and O–H groups in total. The molecule has 0 radical (unpaired) electrons. The van der Waals surface area contributed by atoms with Crippen molar-refractivity contribution in [2.75, 3.05) is 20.2 Å². The largest absolute Gasteiger partial charge is 0.384 e. The summed E-state index contributed by atoms with van der Waals surface area (Å²) in [4.78, 5) is 20.9. The van der Waals surface area contributed by atoms with Crippen molar-refractivity contribution in [2.45, 2.75) is 38.3 Å². The van der Waals surface area contributed by atoms with Gasteiger partial charge in [-0.15, -0.1) is 0 Å². The number of nitrogens with two attached hydrogens (primary N) is 2. The number of aromatic nitrogens is 2. The molecule has 1 aliphatic carbocycles. The maximum absolute atomic E-state index is 12.1. The summed E-state index contributed by atoms with van der Waals surface area (Å²) in [5.41, 5.74) is 14.7. The molecule has 1 atom stereocenters. The Kier molecular flexibility index (Phi) is 9.75. The van der Waals surface area contributed by atoms with Gasteiger partial charge in [-0.25, -0.2) is 0 Å². The lowest BCUT2D eigenvalue weighted by atomic mass is 10.0. The zero-order valence-corrected chi connectivity index (χ0v) is 19.4. The van der Waals surface area contributed by atoms with Crippen molar-refractivity contribution in [3.63, 3.8) is 0 Å². The molecule has 0 saturated heterocycles. The summed E-state index contributed by atoms with van der Waals surface area (Å²) in [6.07, 6.45) is 10.3. The highest BCUT2D eigenvalue weighted by Gasteiger charge is 2.16. The SMILES string of the molecule is COC(N)C1=CC=CCC=C1C(N)=NCCCCNC(=O)CCc1nc(-c2ccccc2)no1. The Morgan fingerprint density at radius 1 is 1.29 bits per heavy atom. The number of aryl methyl sites for hydroxylation is 1. The monoisotopic (exact) mass is 464 g/mol. The summed E-state index contributed by atoms with van der Waals surface area (Å²) in [5, 5.41) is 6.88. The van der Waals surface area contributed by atoms with Gasteiger partial charge in [0.25, 0.3) is 0 Å². The van der Waals surface area contributed by atoms with Gasteiger partial charge in [-0.2, -0.15) is 4.98 Å². The molecule has 2 aromatic rings. The molecule has 180 valence electrons. The van der Waals surface area contributed by atoms with Gasteiger partial charge in [0.15, 0.2) is 0 Å². The number of allylic oxidation sites excluding steroid dienone is 4. The number of unbranched alkanes of at least 4 members (excludes halogenated alkanes) is 1. The summed E-state index contributed by atoms with van der Waals surface area (Å²) in [6, 6.07) is 9.57. The molecular weight excluding hydrogens is 432 g/mol. The number of nitrogens with one attached hydrogen (secondary N) is 1. The molecular formula is C25H32N6O3. The number of carbonyl (C=O) groups is 1. The summed E-state index contributed by atoms with van der Waals surface area (Å²) < 4.78 is 10.5. The van der Waals surface area contributed by atoms with Crippen molar-refractivity contribution in [1.29, 1.82) is 0 Å². The smallest absolute Gasteiger partial charge is 0.227 e. The molecule has 1 unspecified atom stereocenters. The van der Waals surface area contributed by atoms with Crippen LogP contribution in [-0.2, 0) is 16.0 Å². The number of rotatable bonds is 12. The highest BCUT2D eigenvalue weighted by molar-refractivity contribution is 6.01. The molecule has 9 heteroatoms. The van der Waals surface area contributed by atoms with Crippen LogP contribution in [0.25, 0.3) is 11.4 Å². The highest BCUT2D eigenvalue weighted by atomic mass is 16.5. The quantitative estimate of drug-likeness (QED) is 0.190. The number of amidine groups is 1. The summed E-state index contributed by atoms with van der Waals surface area (Å²) in [5.74, 6) is 1.37. The predicted molar refractivity (Wildman–Crippen MR) is 132 cm³/mol. The van der Waals surface area contributed by atoms with Crippen molar-refractivity contribution in [3.8, 4) is 11.4 Å². The first kappa shape index (κ1) is 25.1. The average Bonchev–Trinajstić information content (AvgIpc) is 3.20. The molecule has 0 fully saturated rings. The summed E-state index contributed by atoms with van der Waals surface area (Å²) in [6.45, 7) is 1.13.